The second-order valence-corrected chi connectivity index (χ2v) is 6.47. The molecule has 7 nitrogen and oxygen atoms in total. The van der Waals surface area contributed by atoms with Crippen molar-refractivity contribution in [1.82, 2.24) is 10.2 Å². The SMILES string of the molecule is CSc1nnc(N=Nc2c(O)c(C(N)=O)cc3ccccc23)s1. The monoisotopic (exact) mass is 345 g/mol. The van der Waals surface area contributed by atoms with Crippen LogP contribution in [0.4, 0.5) is 10.8 Å². The number of nitrogens with two attached hydrogens (primary N) is 1. The van der Waals surface area contributed by atoms with Gasteiger partial charge in [0.15, 0.2) is 10.1 Å². The largest absolute Gasteiger partial charge is 0.505 e. The average molecular weight is 345 g/mol. The third-order valence-electron chi connectivity index (χ3n) is 3.07. The average Bonchev–Trinajstić information content (AvgIpc) is 3.01. The Bertz CT molecular complexity index is 923. The van der Waals surface area contributed by atoms with Crippen molar-refractivity contribution in [2.75, 3.05) is 6.26 Å². The van der Waals surface area contributed by atoms with Gasteiger partial charge < -0.3 is 10.8 Å². The number of carbonyl (C=O) groups is 1. The molecule has 3 rings (SSSR count). The van der Waals surface area contributed by atoms with Crippen molar-refractivity contribution >= 4 is 50.6 Å². The van der Waals surface area contributed by atoms with Crippen LogP contribution in [-0.4, -0.2) is 27.5 Å². The summed E-state index contributed by atoms with van der Waals surface area (Å²) in [6, 6.07) is 8.74. The minimum absolute atomic E-state index is 0.000262. The molecule has 1 heterocycles. The Morgan fingerprint density at radius 3 is 2.78 bits per heavy atom. The predicted octanol–water partition coefficient (Wildman–Crippen LogP) is 3.63. The highest BCUT2D eigenvalue weighted by Gasteiger charge is 2.16. The van der Waals surface area contributed by atoms with E-state index in [1.807, 2.05) is 18.4 Å². The number of nitrogens with zero attached hydrogens (tertiary/aromatic N) is 4. The summed E-state index contributed by atoms with van der Waals surface area (Å²) in [7, 11) is 0. The number of amides is 1. The maximum Gasteiger partial charge on any atom is 0.252 e. The van der Waals surface area contributed by atoms with Crippen LogP contribution in [0.5, 0.6) is 5.75 Å². The molecule has 0 saturated heterocycles. The summed E-state index contributed by atoms with van der Waals surface area (Å²) in [5, 5.41) is 27.9. The predicted molar refractivity (Wildman–Crippen MR) is 90.0 cm³/mol. The second kappa shape index (κ2) is 6.31. The number of fused-ring (bicyclic) bond motifs is 1. The highest BCUT2D eigenvalue weighted by molar-refractivity contribution is 8.00. The number of thioether (sulfide) groups is 1. The first kappa shape index (κ1) is 15.4. The molecule has 0 fully saturated rings. The molecule has 0 atom stereocenters. The lowest BCUT2D eigenvalue weighted by Gasteiger charge is -2.07. The molecule has 23 heavy (non-hydrogen) atoms. The zero-order valence-electron chi connectivity index (χ0n) is 11.9. The van der Waals surface area contributed by atoms with E-state index in [9.17, 15) is 9.90 Å². The Morgan fingerprint density at radius 1 is 1.30 bits per heavy atom. The fraction of sp³-hybridized carbons (Fsp3) is 0.0714. The topological polar surface area (TPSA) is 114 Å². The summed E-state index contributed by atoms with van der Waals surface area (Å²) in [6.45, 7) is 0. The Labute approximate surface area is 139 Å². The van der Waals surface area contributed by atoms with E-state index in [1.165, 1.54) is 29.2 Å². The van der Waals surface area contributed by atoms with Crippen molar-refractivity contribution in [2.24, 2.45) is 16.0 Å². The van der Waals surface area contributed by atoms with Gasteiger partial charge >= 0.3 is 0 Å². The van der Waals surface area contributed by atoms with Crippen LogP contribution >= 0.6 is 23.1 Å². The number of carbonyl (C=O) groups excluding carboxylic acids is 1. The Kier molecular flexibility index (Phi) is 4.22. The number of benzene rings is 2. The van der Waals surface area contributed by atoms with E-state index in [-0.39, 0.29) is 17.0 Å². The van der Waals surface area contributed by atoms with Crippen LogP contribution < -0.4 is 5.73 Å². The molecular weight excluding hydrogens is 334 g/mol. The number of hydrogen-bond donors (Lipinski definition) is 2. The van der Waals surface area contributed by atoms with Crippen LogP contribution in [0.1, 0.15) is 10.4 Å². The molecule has 0 aliphatic heterocycles. The van der Waals surface area contributed by atoms with Gasteiger partial charge in [0, 0.05) is 5.39 Å². The summed E-state index contributed by atoms with van der Waals surface area (Å²) < 4.78 is 0.763. The minimum atomic E-state index is -0.731. The fourth-order valence-electron chi connectivity index (χ4n) is 2.02. The molecule has 2 aromatic carbocycles. The zero-order valence-corrected chi connectivity index (χ0v) is 13.6. The molecule has 0 unspecified atom stereocenters. The van der Waals surface area contributed by atoms with E-state index < -0.39 is 5.91 Å². The van der Waals surface area contributed by atoms with Crippen LogP contribution in [0, 0.1) is 0 Å². The number of rotatable bonds is 4. The van der Waals surface area contributed by atoms with Gasteiger partial charge in [0.05, 0.1) is 5.56 Å². The summed E-state index contributed by atoms with van der Waals surface area (Å²) in [4.78, 5) is 11.5. The Morgan fingerprint density at radius 2 is 2.09 bits per heavy atom. The zero-order chi connectivity index (χ0) is 16.4. The van der Waals surface area contributed by atoms with Gasteiger partial charge in [-0.25, -0.2) is 0 Å². The summed E-state index contributed by atoms with van der Waals surface area (Å²) >= 11 is 2.74. The molecule has 0 spiro atoms. The summed E-state index contributed by atoms with van der Waals surface area (Å²) in [5.74, 6) is -1.03. The van der Waals surface area contributed by atoms with Gasteiger partial charge in [0.25, 0.3) is 11.0 Å². The quantitative estimate of drug-likeness (QED) is 0.553. The lowest BCUT2D eigenvalue weighted by Crippen LogP contribution is -2.11. The molecular formula is C14H11N5O2S2. The van der Waals surface area contributed by atoms with Crippen molar-refractivity contribution in [1.29, 1.82) is 0 Å². The van der Waals surface area contributed by atoms with Gasteiger partial charge in [-0.2, -0.15) is 0 Å². The fourth-order valence-corrected chi connectivity index (χ4v) is 3.11. The third-order valence-corrected chi connectivity index (χ3v) is 4.85. The van der Waals surface area contributed by atoms with Crippen molar-refractivity contribution in [3.63, 3.8) is 0 Å². The Hall–Kier alpha value is -2.52. The molecule has 0 saturated carbocycles. The van der Waals surface area contributed by atoms with Crippen LogP contribution in [0.25, 0.3) is 10.8 Å². The first-order valence-electron chi connectivity index (χ1n) is 6.44. The highest BCUT2D eigenvalue weighted by atomic mass is 32.2. The molecule has 0 aliphatic carbocycles. The first-order chi connectivity index (χ1) is 11.1. The van der Waals surface area contributed by atoms with E-state index in [0.717, 1.165) is 9.73 Å². The second-order valence-electron chi connectivity index (χ2n) is 4.46. The third kappa shape index (κ3) is 3.01. The van der Waals surface area contributed by atoms with E-state index >= 15 is 0 Å². The minimum Gasteiger partial charge on any atom is -0.505 e. The molecule has 1 amide bonds. The molecule has 3 aromatic rings. The maximum absolute atomic E-state index is 11.5. The van der Waals surface area contributed by atoms with Gasteiger partial charge in [-0.05, 0) is 17.7 Å². The molecule has 116 valence electrons. The van der Waals surface area contributed by atoms with E-state index in [4.69, 9.17) is 5.73 Å². The van der Waals surface area contributed by atoms with Crippen molar-refractivity contribution < 1.29 is 9.90 Å². The van der Waals surface area contributed by atoms with E-state index in [0.29, 0.717) is 10.5 Å². The number of azo groups is 1. The molecule has 0 radical (unpaired) electrons. The number of aromatic nitrogens is 2. The van der Waals surface area contributed by atoms with Crippen LogP contribution in [0.3, 0.4) is 0 Å². The van der Waals surface area contributed by atoms with Crippen molar-refractivity contribution in [3.8, 4) is 5.75 Å². The number of hydrogen-bond acceptors (Lipinski definition) is 8. The van der Waals surface area contributed by atoms with Gasteiger partial charge in [0.1, 0.15) is 5.69 Å². The summed E-state index contributed by atoms with van der Waals surface area (Å²) in [5.41, 5.74) is 5.49. The lowest BCUT2D eigenvalue weighted by atomic mass is 10.0. The van der Waals surface area contributed by atoms with E-state index in [2.05, 4.69) is 20.4 Å². The molecule has 0 aliphatic rings. The Balaban J connectivity index is 2.14. The van der Waals surface area contributed by atoms with Crippen molar-refractivity contribution in [3.05, 3.63) is 35.9 Å². The van der Waals surface area contributed by atoms with Crippen LogP contribution in [0.2, 0.25) is 0 Å². The summed E-state index contributed by atoms with van der Waals surface area (Å²) in [6.07, 6.45) is 1.89. The van der Waals surface area contributed by atoms with Gasteiger partial charge in [0.2, 0.25) is 0 Å². The van der Waals surface area contributed by atoms with E-state index in [1.54, 1.807) is 12.1 Å². The highest BCUT2D eigenvalue weighted by Crippen LogP contribution is 2.39. The molecule has 3 N–H and O–H groups in total. The molecule has 0 bridgehead atoms. The van der Waals surface area contributed by atoms with Gasteiger partial charge in [-0.15, -0.1) is 20.4 Å². The number of phenols is 1. The lowest BCUT2D eigenvalue weighted by molar-refractivity contribution is 0.0998. The van der Waals surface area contributed by atoms with Gasteiger partial charge in [-0.3, -0.25) is 4.79 Å². The standard InChI is InChI=1S/C14H11N5O2S2/c1-22-14-19-18-13(23-14)17-16-10-8-5-3-2-4-7(8)6-9(11(10)20)12(15)21/h2-6,20H,1H3,(H2,15,21). The van der Waals surface area contributed by atoms with Crippen LogP contribution in [-0.2, 0) is 0 Å². The van der Waals surface area contributed by atoms with Crippen LogP contribution in [0.15, 0.2) is 44.9 Å². The molecule has 9 heteroatoms. The van der Waals surface area contributed by atoms with Gasteiger partial charge in [-0.1, -0.05) is 47.4 Å². The number of primary amides is 1. The smallest absolute Gasteiger partial charge is 0.252 e. The normalized spacial score (nSPS) is 11.3. The maximum atomic E-state index is 11.5. The first-order valence-corrected chi connectivity index (χ1v) is 8.48. The number of aromatic hydroxyl groups is 1. The molecule has 1 aromatic heterocycles. The van der Waals surface area contributed by atoms with Crippen molar-refractivity contribution in [2.45, 2.75) is 4.34 Å².